The molecule has 0 saturated carbocycles. The zero-order chi connectivity index (χ0) is 18.5. The topological polar surface area (TPSA) is 74.8 Å². The van der Waals surface area contributed by atoms with Gasteiger partial charge in [0.05, 0.1) is 6.04 Å². The van der Waals surface area contributed by atoms with Crippen LogP contribution in [0.25, 0.3) is 0 Å². The van der Waals surface area contributed by atoms with E-state index in [0.717, 1.165) is 12.1 Å². The largest absolute Gasteiger partial charge is 0.348 e. The number of fused-ring (bicyclic) bond motifs is 1. The predicted molar refractivity (Wildman–Crippen MR) is 100 cm³/mol. The Morgan fingerprint density at radius 2 is 1.62 bits per heavy atom. The molecule has 3 rings (SSSR count). The molecule has 0 aliphatic carbocycles. The molecule has 0 saturated heterocycles. The molecule has 2 amide bonds. The lowest BCUT2D eigenvalue weighted by atomic mass is 9.95. The first-order valence-electron chi connectivity index (χ1n) is 9.10. The fraction of sp³-hybridized carbons (Fsp3) is 0.333. The number of hydrogen-bond acceptors (Lipinski definition) is 2. The molecule has 136 valence electrons. The Balaban J connectivity index is 1.53. The average molecular weight is 352 g/mol. The van der Waals surface area contributed by atoms with Crippen LogP contribution in [0.5, 0.6) is 0 Å². The first kappa shape index (κ1) is 18.1. The summed E-state index contributed by atoms with van der Waals surface area (Å²) in [5, 5.41) is 7.85. The number of carbonyl (C=O) groups excluding carboxylic acids is 2. The molecule has 0 fully saturated rings. The van der Waals surface area contributed by atoms with E-state index in [0.29, 0.717) is 6.42 Å². The highest BCUT2D eigenvalue weighted by Crippen LogP contribution is 2.13. The van der Waals surface area contributed by atoms with Gasteiger partial charge in [0.2, 0.25) is 5.91 Å². The van der Waals surface area contributed by atoms with Crippen LogP contribution in [0.1, 0.15) is 36.6 Å². The summed E-state index contributed by atoms with van der Waals surface area (Å²) < 4.78 is 0. The Kier molecular flexibility index (Phi) is 5.68. The maximum absolute atomic E-state index is 12.6. The second kappa shape index (κ2) is 8.15. The highest BCUT2D eigenvalue weighted by atomic mass is 16.2. The van der Waals surface area contributed by atoms with Crippen LogP contribution in [0.2, 0.25) is 0 Å². The molecular weight excluding hydrogens is 326 g/mol. The molecule has 0 unspecified atom stereocenters. The molecule has 0 spiro atoms. The predicted octanol–water partition coefficient (Wildman–Crippen LogP) is 1.06. The van der Waals surface area contributed by atoms with Crippen LogP contribution in [-0.4, -0.2) is 23.9 Å². The minimum absolute atomic E-state index is 0.0884. The molecule has 0 radical (unpaired) electrons. The lowest BCUT2D eigenvalue weighted by molar-refractivity contribution is -0.695. The van der Waals surface area contributed by atoms with Gasteiger partial charge in [-0.15, -0.1) is 0 Å². The van der Waals surface area contributed by atoms with Crippen LogP contribution in [-0.2, 0) is 22.6 Å². The third-order valence-corrected chi connectivity index (χ3v) is 4.93. The highest BCUT2D eigenvalue weighted by Gasteiger charge is 2.29. The van der Waals surface area contributed by atoms with Crippen molar-refractivity contribution in [3.05, 3.63) is 71.3 Å². The van der Waals surface area contributed by atoms with E-state index in [-0.39, 0.29) is 23.9 Å². The average Bonchev–Trinajstić information content (AvgIpc) is 2.68. The Hall–Kier alpha value is -2.66. The van der Waals surface area contributed by atoms with Crippen molar-refractivity contribution < 1.29 is 14.9 Å². The zero-order valence-electron chi connectivity index (χ0n) is 15.2. The van der Waals surface area contributed by atoms with Crippen molar-refractivity contribution in [2.45, 2.75) is 44.9 Å². The van der Waals surface area contributed by atoms with E-state index in [2.05, 4.69) is 22.8 Å². The van der Waals surface area contributed by atoms with Crippen LogP contribution in [0.4, 0.5) is 0 Å². The molecule has 3 atom stereocenters. The molecule has 0 bridgehead atoms. The molecule has 1 heterocycles. The summed E-state index contributed by atoms with van der Waals surface area (Å²) in [5.41, 5.74) is 3.53. The van der Waals surface area contributed by atoms with Crippen molar-refractivity contribution >= 4 is 11.8 Å². The summed E-state index contributed by atoms with van der Waals surface area (Å²) in [6, 6.07) is 17.1. The van der Waals surface area contributed by atoms with Gasteiger partial charge < -0.3 is 16.0 Å². The highest BCUT2D eigenvalue weighted by molar-refractivity contribution is 5.89. The Morgan fingerprint density at radius 1 is 0.962 bits per heavy atom. The number of benzene rings is 2. The third kappa shape index (κ3) is 4.29. The molecular formula is C21H26N3O2+. The second-order valence-electron chi connectivity index (χ2n) is 6.89. The van der Waals surface area contributed by atoms with Crippen LogP contribution in [0, 0.1) is 0 Å². The normalized spacial score (nSPS) is 18.3. The van der Waals surface area contributed by atoms with E-state index in [4.69, 9.17) is 0 Å². The quantitative estimate of drug-likeness (QED) is 0.753. The Labute approximate surface area is 154 Å². The van der Waals surface area contributed by atoms with E-state index in [1.807, 2.05) is 54.7 Å². The summed E-state index contributed by atoms with van der Waals surface area (Å²) in [4.78, 5) is 25.0. The van der Waals surface area contributed by atoms with E-state index < -0.39 is 6.04 Å². The van der Waals surface area contributed by atoms with Gasteiger partial charge in [-0.2, -0.15) is 0 Å². The molecule has 5 nitrogen and oxygen atoms in total. The number of amides is 2. The van der Waals surface area contributed by atoms with E-state index in [9.17, 15) is 9.59 Å². The smallest absolute Gasteiger partial charge is 0.279 e. The van der Waals surface area contributed by atoms with Crippen LogP contribution >= 0.6 is 0 Å². The van der Waals surface area contributed by atoms with E-state index in [1.54, 1.807) is 6.92 Å². The number of nitrogens with two attached hydrogens (primary N) is 1. The molecule has 1 aliphatic heterocycles. The lowest BCUT2D eigenvalue weighted by Gasteiger charge is -2.24. The van der Waals surface area contributed by atoms with Gasteiger partial charge in [0, 0.05) is 12.0 Å². The van der Waals surface area contributed by atoms with Crippen molar-refractivity contribution in [1.82, 2.24) is 10.6 Å². The zero-order valence-corrected chi connectivity index (χ0v) is 15.2. The van der Waals surface area contributed by atoms with Crippen molar-refractivity contribution in [2.24, 2.45) is 0 Å². The van der Waals surface area contributed by atoms with Gasteiger partial charge in [-0.1, -0.05) is 54.6 Å². The van der Waals surface area contributed by atoms with Gasteiger partial charge in [-0.05, 0) is 25.0 Å². The molecule has 1 aliphatic rings. The van der Waals surface area contributed by atoms with Crippen molar-refractivity contribution in [3.63, 3.8) is 0 Å². The van der Waals surface area contributed by atoms with Gasteiger partial charge >= 0.3 is 0 Å². The van der Waals surface area contributed by atoms with Gasteiger partial charge in [-0.25, -0.2) is 0 Å². The fourth-order valence-electron chi connectivity index (χ4n) is 3.29. The molecule has 5 heteroatoms. The van der Waals surface area contributed by atoms with Crippen molar-refractivity contribution in [2.75, 3.05) is 0 Å². The Bertz CT molecular complexity index is 776. The maximum Gasteiger partial charge on any atom is 0.279 e. The van der Waals surface area contributed by atoms with Gasteiger partial charge in [0.15, 0.2) is 6.04 Å². The van der Waals surface area contributed by atoms with Crippen LogP contribution in [0.3, 0.4) is 0 Å². The molecule has 2 aromatic carbocycles. The fourth-order valence-corrected chi connectivity index (χ4v) is 3.29. The lowest BCUT2D eigenvalue weighted by Crippen LogP contribution is -2.93. The van der Waals surface area contributed by atoms with Gasteiger partial charge in [-0.3, -0.25) is 9.59 Å². The van der Waals surface area contributed by atoms with Crippen molar-refractivity contribution in [3.8, 4) is 0 Å². The first-order valence-corrected chi connectivity index (χ1v) is 9.10. The van der Waals surface area contributed by atoms with Crippen LogP contribution in [0.15, 0.2) is 54.6 Å². The maximum atomic E-state index is 12.6. The standard InChI is InChI=1S/C21H25N3O2/c1-14(16-8-4-3-5-9-16)23-20(25)15(2)24-21(26)19-12-17-10-6-7-11-18(17)13-22-19/h3-11,14-15,19,22H,12-13H2,1-2H3,(H,23,25)(H,24,26)/p+1/t14-,15-,19-/m0/s1. The minimum atomic E-state index is -0.570. The molecule has 4 N–H and O–H groups in total. The van der Waals surface area contributed by atoms with E-state index in [1.165, 1.54) is 11.1 Å². The Morgan fingerprint density at radius 3 is 2.35 bits per heavy atom. The summed E-state index contributed by atoms with van der Waals surface area (Å²) >= 11 is 0. The number of quaternary nitrogens is 1. The SMILES string of the molecule is C[C@H](NC(=O)[C@@H]1Cc2ccccc2C[NH2+]1)C(=O)N[C@@H](C)c1ccccc1. The molecule has 2 aromatic rings. The first-order chi connectivity index (χ1) is 12.5. The number of hydrogen-bond donors (Lipinski definition) is 3. The summed E-state index contributed by atoms with van der Waals surface area (Å²) in [6.45, 7) is 4.45. The summed E-state index contributed by atoms with van der Waals surface area (Å²) in [7, 11) is 0. The summed E-state index contributed by atoms with van der Waals surface area (Å²) in [6.07, 6.45) is 0.691. The second-order valence-corrected chi connectivity index (χ2v) is 6.89. The van der Waals surface area contributed by atoms with E-state index >= 15 is 0 Å². The van der Waals surface area contributed by atoms with Gasteiger partial charge in [0.1, 0.15) is 12.6 Å². The summed E-state index contributed by atoms with van der Waals surface area (Å²) in [5.74, 6) is -0.263. The van der Waals surface area contributed by atoms with Gasteiger partial charge in [0.25, 0.3) is 5.91 Å². The molecule has 0 aromatic heterocycles. The number of rotatable bonds is 5. The number of nitrogens with one attached hydrogen (secondary N) is 2. The molecule has 26 heavy (non-hydrogen) atoms. The monoisotopic (exact) mass is 352 g/mol. The van der Waals surface area contributed by atoms with Crippen LogP contribution < -0.4 is 16.0 Å². The minimum Gasteiger partial charge on any atom is -0.348 e. The number of carbonyl (C=O) groups is 2. The third-order valence-electron chi connectivity index (χ3n) is 4.93. The van der Waals surface area contributed by atoms with Crippen molar-refractivity contribution in [1.29, 1.82) is 0 Å².